The van der Waals surface area contributed by atoms with Crippen molar-refractivity contribution >= 4 is 22.9 Å². The molecule has 0 saturated carbocycles. The van der Waals surface area contributed by atoms with Gasteiger partial charge in [-0.25, -0.2) is 4.98 Å². The van der Waals surface area contributed by atoms with Gasteiger partial charge in [0.2, 0.25) is 11.9 Å². The fourth-order valence-electron chi connectivity index (χ4n) is 1.33. The van der Waals surface area contributed by atoms with E-state index in [2.05, 4.69) is 21.9 Å². The second kappa shape index (κ2) is 3.96. The van der Waals surface area contributed by atoms with Crippen LogP contribution >= 0.6 is 0 Å². The van der Waals surface area contributed by atoms with E-state index in [9.17, 15) is 4.79 Å². The number of amides is 1. The number of carbonyl (C=O) groups excluding carboxylic acids is 1. The minimum absolute atomic E-state index is 0.121. The first kappa shape index (κ1) is 9.45. The zero-order chi connectivity index (χ0) is 10.7. The lowest BCUT2D eigenvalue weighted by molar-refractivity contribution is -0.115. The van der Waals surface area contributed by atoms with Crippen molar-refractivity contribution in [3.63, 3.8) is 0 Å². The minimum atomic E-state index is -0.121. The quantitative estimate of drug-likeness (QED) is 0.747. The molecule has 76 valence electrons. The lowest BCUT2D eigenvalue weighted by Gasteiger charge is -1.96. The molecule has 0 unspecified atom stereocenters. The number of H-pyrrole nitrogens is 1. The maximum absolute atomic E-state index is 11.2. The van der Waals surface area contributed by atoms with Crippen molar-refractivity contribution in [3.05, 3.63) is 36.9 Å². The number of anilines is 1. The lowest BCUT2D eigenvalue weighted by Crippen LogP contribution is -2.10. The number of imidazole rings is 1. The van der Waals surface area contributed by atoms with E-state index in [0.717, 1.165) is 11.0 Å². The molecule has 1 aromatic carbocycles. The van der Waals surface area contributed by atoms with Gasteiger partial charge in [0.25, 0.3) is 0 Å². The largest absolute Gasteiger partial charge is 0.324 e. The molecule has 0 aliphatic carbocycles. The van der Waals surface area contributed by atoms with Crippen molar-refractivity contribution in [1.29, 1.82) is 0 Å². The number of para-hydroxylation sites is 2. The Kier molecular flexibility index (Phi) is 2.49. The molecule has 0 atom stereocenters. The number of carbonyl (C=O) groups is 1. The van der Waals surface area contributed by atoms with E-state index in [4.69, 9.17) is 0 Å². The summed E-state index contributed by atoms with van der Waals surface area (Å²) < 4.78 is 0. The van der Waals surface area contributed by atoms with Crippen LogP contribution in [0.2, 0.25) is 0 Å². The van der Waals surface area contributed by atoms with Crippen molar-refractivity contribution in [2.45, 2.75) is 6.42 Å². The van der Waals surface area contributed by atoms with Gasteiger partial charge in [-0.2, -0.15) is 0 Å². The first-order valence-corrected chi connectivity index (χ1v) is 4.65. The van der Waals surface area contributed by atoms with Gasteiger partial charge in [-0.1, -0.05) is 18.2 Å². The molecule has 0 saturated heterocycles. The predicted molar refractivity (Wildman–Crippen MR) is 59.5 cm³/mol. The molecule has 0 spiro atoms. The van der Waals surface area contributed by atoms with E-state index >= 15 is 0 Å². The molecule has 15 heavy (non-hydrogen) atoms. The Labute approximate surface area is 87.0 Å². The van der Waals surface area contributed by atoms with Gasteiger partial charge in [-0.15, -0.1) is 6.58 Å². The number of hydrogen-bond donors (Lipinski definition) is 2. The molecule has 2 aromatic rings. The van der Waals surface area contributed by atoms with Crippen molar-refractivity contribution < 1.29 is 4.79 Å². The fourth-order valence-corrected chi connectivity index (χ4v) is 1.33. The first-order chi connectivity index (χ1) is 7.29. The number of nitrogens with zero attached hydrogens (tertiary/aromatic N) is 1. The summed E-state index contributed by atoms with van der Waals surface area (Å²) in [7, 11) is 0. The van der Waals surface area contributed by atoms with Gasteiger partial charge in [0.15, 0.2) is 0 Å². The Balaban J connectivity index is 2.22. The molecule has 2 N–H and O–H groups in total. The number of nitrogens with one attached hydrogen (secondary N) is 2. The number of aromatic nitrogens is 2. The number of rotatable bonds is 3. The standard InChI is InChI=1S/C11H11N3O/c1-2-5-10(15)14-11-12-8-6-3-4-7-9(8)13-11/h2-4,6-7H,1,5H2,(H2,12,13,14,15). The SMILES string of the molecule is C=CCC(=O)Nc1nc2ccccc2[nH]1. The highest BCUT2D eigenvalue weighted by atomic mass is 16.1. The minimum Gasteiger partial charge on any atom is -0.324 e. The highest BCUT2D eigenvalue weighted by Crippen LogP contribution is 2.13. The summed E-state index contributed by atoms with van der Waals surface area (Å²) in [5, 5.41) is 2.66. The first-order valence-electron chi connectivity index (χ1n) is 4.65. The molecule has 0 aliphatic rings. The average Bonchev–Trinajstić information content (AvgIpc) is 2.59. The highest BCUT2D eigenvalue weighted by Gasteiger charge is 2.04. The van der Waals surface area contributed by atoms with E-state index in [-0.39, 0.29) is 12.3 Å². The van der Waals surface area contributed by atoms with E-state index in [1.165, 1.54) is 0 Å². The molecule has 4 nitrogen and oxygen atoms in total. The van der Waals surface area contributed by atoms with Crippen molar-refractivity contribution in [2.24, 2.45) is 0 Å². The van der Waals surface area contributed by atoms with Gasteiger partial charge in [0.1, 0.15) is 0 Å². The van der Waals surface area contributed by atoms with E-state index < -0.39 is 0 Å². The Bertz CT molecular complexity index is 468. The Morgan fingerprint density at radius 2 is 2.33 bits per heavy atom. The molecule has 0 radical (unpaired) electrons. The van der Waals surface area contributed by atoms with E-state index in [0.29, 0.717) is 5.95 Å². The smallest absolute Gasteiger partial charge is 0.230 e. The van der Waals surface area contributed by atoms with Gasteiger partial charge in [-0.05, 0) is 12.1 Å². The monoisotopic (exact) mass is 201 g/mol. The molecule has 1 aromatic heterocycles. The zero-order valence-corrected chi connectivity index (χ0v) is 8.16. The number of aromatic amines is 1. The second-order valence-corrected chi connectivity index (χ2v) is 3.14. The highest BCUT2D eigenvalue weighted by molar-refractivity contribution is 5.91. The predicted octanol–water partition coefficient (Wildman–Crippen LogP) is 2.08. The van der Waals surface area contributed by atoms with Gasteiger partial charge < -0.3 is 4.98 Å². The summed E-state index contributed by atoms with van der Waals surface area (Å²) in [6.07, 6.45) is 1.84. The Morgan fingerprint density at radius 3 is 3.07 bits per heavy atom. The second-order valence-electron chi connectivity index (χ2n) is 3.14. The average molecular weight is 201 g/mol. The summed E-state index contributed by atoms with van der Waals surface area (Å²) in [5.74, 6) is 0.354. The summed E-state index contributed by atoms with van der Waals surface area (Å²) in [6.45, 7) is 3.49. The van der Waals surface area contributed by atoms with Crippen LogP contribution < -0.4 is 5.32 Å². The van der Waals surface area contributed by atoms with Crippen LogP contribution in [0.5, 0.6) is 0 Å². The van der Waals surface area contributed by atoms with Crippen LogP contribution in [0.15, 0.2) is 36.9 Å². The van der Waals surface area contributed by atoms with Crippen LogP contribution in [-0.4, -0.2) is 15.9 Å². The van der Waals surface area contributed by atoms with Crippen LogP contribution in [-0.2, 0) is 4.79 Å². The third-order valence-electron chi connectivity index (χ3n) is 1.98. The third kappa shape index (κ3) is 2.04. The molecular formula is C11H11N3O. The van der Waals surface area contributed by atoms with E-state index in [1.54, 1.807) is 6.08 Å². The summed E-state index contributed by atoms with van der Waals surface area (Å²) in [6, 6.07) is 7.61. The Morgan fingerprint density at radius 1 is 1.53 bits per heavy atom. The fraction of sp³-hybridized carbons (Fsp3) is 0.0909. The number of fused-ring (bicyclic) bond motifs is 1. The molecule has 2 rings (SSSR count). The van der Waals surface area contributed by atoms with Gasteiger partial charge in [0, 0.05) is 6.42 Å². The summed E-state index contributed by atoms with van der Waals surface area (Å²) >= 11 is 0. The van der Waals surface area contributed by atoms with Crippen molar-refractivity contribution in [3.8, 4) is 0 Å². The van der Waals surface area contributed by atoms with Gasteiger partial charge in [-0.3, -0.25) is 10.1 Å². The zero-order valence-electron chi connectivity index (χ0n) is 8.16. The topological polar surface area (TPSA) is 57.8 Å². The van der Waals surface area contributed by atoms with Crippen LogP contribution in [0.4, 0.5) is 5.95 Å². The van der Waals surface area contributed by atoms with Crippen LogP contribution in [0.3, 0.4) is 0 Å². The van der Waals surface area contributed by atoms with Crippen molar-refractivity contribution in [1.82, 2.24) is 9.97 Å². The molecule has 4 heteroatoms. The number of hydrogen-bond acceptors (Lipinski definition) is 2. The van der Waals surface area contributed by atoms with Crippen LogP contribution in [0, 0.1) is 0 Å². The van der Waals surface area contributed by atoms with Crippen molar-refractivity contribution in [2.75, 3.05) is 5.32 Å². The van der Waals surface area contributed by atoms with Gasteiger partial charge >= 0.3 is 0 Å². The molecule has 1 amide bonds. The van der Waals surface area contributed by atoms with Gasteiger partial charge in [0.05, 0.1) is 11.0 Å². The maximum atomic E-state index is 11.2. The maximum Gasteiger partial charge on any atom is 0.230 e. The summed E-state index contributed by atoms with van der Waals surface area (Å²) in [5.41, 5.74) is 1.75. The molecule has 1 heterocycles. The molecular weight excluding hydrogens is 190 g/mol. The van der Waals surface area contributed by atoms with Crippen LogP contribution in [0.1, 0.15) is 6.42 Å². The molecule has 0 fully saturated rings. The summed E-state index contributed by atoms with van der Waals surface area (Å²) in [4.78, 5) is 18.5. The van der Waals surface area contributed by atoms with E-state index in [1.807, 2.05) is 24.3 Å². The third-order valence-corrected chi connectivity index (χ3v) is 1.98. The number of benzene rings is 1. The van der Waals surface area contributed by atoms with Crippen LogP contribution in [0.25, 0.3) is 11.0 Å². The normalized spacial score (nSPS) is 10.1. The Hall–Kier alpha value is -2.10. The molecule has 0 aliphatic heterocycles. The molecule has 0 bridgehead atoms. The lowest BCUT2D eigenvalue weighted by atomic mass is 10.3.